The molecule has 0 N–H and O–H groups in total. The van der Waals surface area contributed by atoms with E-state index in [1.807, 2.05) is 24.3 Å². The predicted molar refractivity (Wildman–Crippen MR) is 116 cm³/mol. The SMILES string of the molecule is CCc1ccc([C@H]2c3c(oc4ccccc4c3=O)C(=O)N2c2ccc(Cl)cn2)cc1. The second-order valence-corrected chi connectivity index (χ2v) is 7.61. The molecule has 0 radical (unpaired) electrons. The molecule has 148 valence electrons. The van der Waals surface area contributed by atoms with Crippen LogP contribution < -0.4 is 10.3 Å². The van der Waals surface area contributed by atoms with Crippen LogP contribution in [0.15, 0.2) is 76.1 Å². The van der Waals surface area contributed by atoms with Gasteiger partial charge in [0.2, 0.25) is 5.76 Å². The fraction of sp³-hybridized carbons (Fsp3) is 0.125. The van der Waals surface area contributed by atoms with Gasteiger partial charge >= 0.3 is 0 Å². The van der Waals surface area contributed by atoms with E-state index < -0.39 is 11.9 Å². The molecular weight excluding hydrogens is 400 g/mol. The molecule has 0 saturated carbocycles. The van der Waals surface area contributed by atoms with Crippen molar-refractivity contribution in [3.05, 3.63) is 105 Å². The molecule has 0 bridgehead atoms. The Morgan fingerprint density at radius 3 is 2.50 bits per heavy atom. The molecule has 0 saturated heterocycles. The fourth-order valence-electron chi connectivity index (χ4n) is 3.92. The van der Waals surface area contributed by atoms with Crippen molar-refractivity contribution >= 4 is 34.3 Å². The van der Waals surface area contributed by atoms with Crippen molar-refractivity contribution in [2.75, 3.05) is 4.90 Å². The summed E-state index contributed by atoms with van der Waals surface area (Å²) in [5.41, 5.74) is 2.50. The van der Waals surface area contributed by atoms with Gasteiger partial charge in [-0.2, -0.15) is 0 Å². The van der Waals surface area contributed by atoms with Gasteiger partial charge in [-0.1, -0.05) is 54.9 Å². The van der Waals surface area contributed by atoms with Crippen LogP contribution in [0.2, 0.25) is 5.02 Å². The first-order valence-corrected chi connectivity index (χ1v) is 10.1. The third-order valence-corrected chi connectivity index (χ3v) is 5.66. The lowest BCUT2D eigenvalue weighted by molar-refractivity contribution is 0.0970. The Balaban J connectivity index is 1.78. The zero-order valence-electron chi connectivity index (χ0n) is 16.1. The number of fused-ring (bicyclic) bond motifs is 2. The smallest absolute Gasteiger partial charge is 0.296 e. The van der Waals surface area contributed by atoms with E-state index in [4.69, 9.17) is 16.0 Å². The molecule has 1 aliphatic heterocycles. The zero-order chi connectivity index (χ0) is 20.8. The molecule has 5 nitrogen and oxygen atoms in total. The van der Waals surface area contributed by atoms with Gasteiger partial charge in [0.15, 0.2) is 5.43 Å². The molecule has 2 aromatic carbocycles. The molecule has 5 rings (SSSR count). The van der Waals surface area contributed by atoms with Crippen molar-refractivity contribution in [3.8, 4) is 0 Å². The number of nitrogens with zero attached hydrogens (tertiary/aromatic N) is 2. The minimum Gasteiger partial charge on any atom is -0.450 e. The third-order valence-electron chi connectivity index (χ3n) is 5.44. The van der Waals surface area contributed by atoms with Gasteiger partial charge in [0.05, 0.1) is 22.0 Å². The van der Waals surface area contributed by atoms with Crippen LogP contribution in [0.3, 0.4) is 0 Å². The van der Waals surface area contributed by atoms with Crippen molar-refractivity contribution in [3.63, 3.8) is 0 Å². The summed E-state index contributed by atoms with van der Waals surface area (Å²) < 4.78 is 5.92. The molecule has 0 fully saturated rings. The highest BCUT2D eigenvalue weighted by Crippen LogP contribution is 2.40. The molecule has 1 amide bonds. The average molecular weight is 417 g/mol. The zero-order valence-corrected chi connectivity index (χ0v) is 16.9. The van der Waals surface area contributed by atoms with E-state index in [1.165, 1.54) is 16.7 Å². The van der Waals surface area contributed by atoms with Gasteiger partial charge in [-0.25, -0.2) is 4.98 Å². The number of rotatable bonds is 3. The molecule has 3 heterocycles. The number of pyridine rings is 1. The van der Waals surface area contributed by atoms with Gasteiger partial charge < -0.3 is 4.42 Å². The van der Waals surface area contributed by atoms with E-state index in [0.717, 1.165) is 12.0 Å². The number of hydrogen-bond acceptors (Lipinski definition) is 4. The second-order valence-electron chi connectivity index (χ2n) is 7.18. The Hall–Kier alpha value is -3.44. The number of hydrogen-bond donors (Lipinski definition) is 0. The maximum absolute atomic E-state index is 13.4. The molecule has 0 unspecified atom stereocenters. The fourth-order valence-corrected chi connectivity index (χ4v) is 4.03. The summed E-state index contributed by atoms with van der Waals surface area (Å²) in [4.78, 5) is 32.7. The third kappa shape index (κ3) is 2.82. The molecule has 0 aliphatic carbocycles. The van der Waals surface area contributed by atoms with Crippen LogP contribution in [0, 0.1) is 0 Å². The van der Waals surface area contributed by atoms with Gasteiger partial charge in [-0.15, -0.1) is 0 Å². The largest absolute Gasteiger partial charge is 0.450 e. The molecule has 30 heavy (non-hydrogen) atoms. The van der Waals surface area contributed by atoms with Crippen LogP contribution >= 0.6 is 11.6 Å². The van der Waals surface area contributed by atoms with E-state index >= 15 is 0 Å². The van der Waals surface area contributed by atoms with Crippen molar-refractivity contribution in [2.24, 2.45) is 0 Å². The average Bonchev–Trinajstić information content (AvgIpc) is 3.07. The molecule has 1 aliphatic rings. The monoisotopic (exact) mass is 416 g/mol. The van der Waals surface area contributed by atoms with E-state index in [1.54, 1.807) is 36.4 Å². The van der Waals surface area contributed by atoms with E-state index in [2.05, 4.69) is 11.9 Å². The van der Waals surface area contributed by atoms with Crippen molar-refractivity contribution in [1.29, 1.82) is 0 Å². The van der Waals surface area contributed by atoms with E-state index in [-0.39, 0.29) is 11.2 Å². The lowest BCUT2D eigenvalue weighted by Gasteiger charge is -2.24. The summed E-state index contributed by atoms with van der Waals surface area (Å²) in [5.74, 6) is 0.0658. The van der Waals surface area contributed by atoms with Crippen LogP contribution in [0.5, 0.6) is 0 Å². The summed E-state index contributed by atoms with van der Waals surface area (Å²) in [6.45, 7) is 2.08. The van der Waals surface area contributed by atoms with Gasteiger partial charge in [0.1, 0.15) is 11.4 Å². The van der Waals surface area contributed by atoms with Crippen molar-refractivity contribution in [2.45, 2.75) is 19.4 Å². The van der Waals surface area contributed by atoms with E-state index in [0.29, 0.717) is 27.4 Å². The summed E-state index contributed by atoms with van der Waals surface area (Å²) in [6, 6.07) is 17.6. The standard InChI is InChI=1S/C24H17ClN2O3/c1-2-14-7-9-15(10-8-14)21-20-22(28)17-5-3-4-6-18(17)30-23(20)24(29)27(21)19-12-11-16(25)13-26-19/h3-13,21H,2H2,1H3/t21-/m0/s1. The first kappa shape index (κ1) is 18.6. The molecule has 1 atom stereocenters. The Morgan fingerprint density at radius 2 is 1.80 bits per heavy atom. The highest BCUT2D eigenvalue weighted by Gasteiger charge is 2.44. The summed E-state index contributed by atoms with van der Waals surface area (Å²) in [5, 5.41) is 0.914. The lowest BCUT2D eigenvalue weighted by atomic mass is 9.97. The van der Waals surface area contributed by atoms with E-state index in [9.17, 15) is 9.59 Å². The maximum atomic E-state index is 13.4. The number of halogens is 1. The molecule has 2 aromatic heterocycles. The van der Waals surface area contributed by atoms with Crippen LogP contribution in [-0.2, 0) is 6.42 Å². The minimum absolute atomic E-state index is 0.0556. The highest BCUT2D eigenvalue weighted by molar-refractivity contribution is 6.30. The maximum Gasteiger partial charge on any atom is 0.296 e. The summed E-state index contributed by atoms with van der Waals surface area (Å²) >= 11 is 5.99. The highest BCUT2D eigenvalue weighted by atomic mass is 35.5. The van der Waals surface area contributed by atoms with Gasteiger partial charge in [-0.3, -0.25) is 14.5 Å². The first-order valence-electron chi connectivity index (χ1n) is 9.68. The number of benzene rings is 2. The number of para-hydroxylation sites is 1. The minimum atomic E-state index is -0.632. The first-order chi connectivity index (χ1) is 14.6. The molecule has 6 heteroatoms. The van der Waals surface area contributed by atoms with Gasteiger partial charge in [0.25, 0.3) is 5.91 Å². The van der Waals surface area contributed by atoms with Crippen LogP contribution in [0.1, 0.15) is 40.2 Å². The summed E-state index contributed by atoms with van der Waals surface area (Å²) in [6.07, 6.45) is 2.38. The Morgan fingerprint density at radius 1 is 1.03 bits per heavy atom. The van der Waals surface area contributed by atoms with Crippen LogP contribution in [0.25, 0.3) is 11.0 Å². The topological polar surface area (TPSA) is 63.4 Å². The van der Waals surface area contributed by atoms with Crippen molar-refractivity contribution < 1.29 is 9.21 Å². The lowest BCUT2D eigenvalue weighted by Crippen LogP contribution is -2.30. The number of aromatic nitrogens is 1. The number of carbonyl (C=O) groups excluding carboxylic acids is 1. The van der Waals surface area contributed by atoms with Gasteiger partial charge in [-0.05, 0) is 41.8 Å². The number of aryl methyl sites for hydroxylation is 1. The Bertz CT molecular complexity index is 1330. The quantitative estimate of drug-likeness (QED) is 0.463. The Labute approximate surface area is 177 Å². The molecule has 0 spiro atoms. The second kappa shape index (κ2) is 7.11. The predicted octanol–water partition coefficient (Wildman–Crippen LogP) is 5.15. The van der Waals surface area contributed by atoms with Crippen LogP contribution in [-0.4, -0.2) is 10.9 Å². The summed E-state index contributed by atoms with van der Waals surface area (Å²) in [7, 11) is 0. The normalized spacial score (nSPS) is 15.6. The Kier molecular flexibility index (Phi) is 4.40. The number of carbonyl (C=O) groups is 1. The molecule has 4 aromatic rings. The van der Waals surface area contributed by atoms with Crippen molar-refractivity contribution in [1.82, 2.24) is 4.98 Å². The molecular formula is C24H17ClN2O3. The number of anilines is 1. The van der Waals surface area contributed by atoms with Crippen LogP contribution in [0.4, 0.5) is 5.82 Å². The van der Waals surface area contributed by atoms with Gasteiger partial charge in [0, 0.05) is 6.20 Å². The number of amides is 1.